The maximum atomic E-state index is 11.2. The molecule has 0 heterocycles. The summed E-state index contributed by atoms with van der Waals surface area (Å²) in [5, 5.41) is 20.3. The average Bonchev–Trinajstić information content (AvgIpc) is 2.87. The van der Waals surface area contributed by atoms with E-state index in [1.54, 1.807) is 5.57 Å². The molecule has 3 heteroatoms. The van der Waals surface area contributed by atoms with Gasteiger partial charge in [-0.2, -0.15) is 0 Å². The van der Waals surface area contributed by atoms with Crippen molar-refractivity contribution in [2.45, 2.75) is 77.7 Å². The lowest BCUT2D eigenvalue weighted by Gasteiger charge is -2.58. The first-order valence-corrected chi connectivity index (χ1v) is 10.1. The van der Waals surface area contributed by atoms with Crippen molar-refractivity contribution >= 4 is 5.97 Å². The summed E-state index contributed by atoms with van der Waals surface area (Å²) in [4.78, 5) is 11.0. The zero-order valence-corrected chi connectivity index (χ0v) is 15.6. The number of aliphatic hydroxyl groups is 1. The third-order valence-corrected chi connectivity index (χ3v) is 8.32. The zero-order valence-electron chi connectivity index (χ0n) is 15.6. The fourth-order valence-electron chi connectivity index (χ4n) is 7.22. The Kier molecular flexibility index (Phi) is 4.14. The van der Waals surface area contributed by atoms with E-state index < -0.39 is 5.97 Å². The number of allylic oxidation sites excluding steroid dienone is 3. The highest BCUT2D eigenvalue weighted by Gasteiger charge is 2.59. The van der Waals surface area contributed by atoms with Crippen molar-refractivity contribution in [1.82, 2.24) is 0 Å². The van der Waals surface area contributed by atoms with Gasteiger partial charge in [0.25, 0.3) is 0 Å². The van der Waals surface area contributed by atoms with Crippen molar-refractivity contribution in [3.8, 4) is 0 Å². The molecule has 4 rings (SSSR count). The quantitative estimate of drug-likeness (QED) is 0.713. The van der Waals surface area contributed by atoms with Crippen LogP contribution in [0.5, 0.6) is 0 Å². The van der Waals surface area contributed by atoms with Crippen LogP contribution in [0.4, 0.5) is 0 Å². The van der Waals surface area contributed by atoms with Crippen LogP contribution >= 0.6 is 0 Å². The van der Waals surface area contributed by atoms with Gasteiger partial charge < -0.3 is 10.2 Å². The number of aliphatic carboxylic acids is 1. The molecule has 3 saturated carbocycles. The lowest BCUT2D eigenvalue weighted by atomic mass is 9.47. The van der Waals surface area contributed by atoms with Crippen LogP contribution in [-0.4, -0.2) is 22.3 Å². The largest absolute Gasteiger partial charge is 0.481 e. The molecule has 0 saturated heterocycles. The highest BCUT2D eigenvalue weighted by molar-refractivity contribution is 5.68. The second-order valence-corrected chi connectivity index (χ2v) is 9.44. The number of carbonyl (C=O) groups is 1. The molecule has 0 amide bonds. The summed E-state index contributed by atoms with van der Waals surface area (Å²) < 4.78 is 0. The van der Waals surface area contributed by atoms with Crippen LogP contribution in [0.3, 0.4) is 0 Å². The minimum Gasteiger partial charge on any atom is -0.481 e. The van der Waals surface area contributed by atoms with Gasteiger partial charge in [0.1, 0.15) is 0 Å². The molecule has 0 bridgehead atoms. The highest BCUT2D eigenvalue weighted by Crippen LogP contribution is 2.66. The summed E-state index contributed by atoms with van der Waals surface area (Å²) in [6.07, 6.45) is 13.4. The Morgan fingerprint density at radius 1 is 1.28 bits per heavy atom. The maximum absolute atomic E-state index is 11.2. The molecule has 2 N–H and O–H groups in total. The molecule has 4 aliphatic rings. The van der Waals surface area contributed by atoms with Gasteiger partial charge in [-0.3, -0.25) is 4.79 Å². The predicted octanol–water partition coefficient (Wildman–Crippen LogP) is 4.71. The molecular weight excluding hydrogens is 312 g/mol. The van der Waals surface area contributed by atoms with Gasteiger partial charge in [-0.15, -0.1) is 0 Å². The normalized spacial score (nSPS) is 47.6. The molecule has 0 aromatic heterocycles. The number of hydrogen-bond donors (Lipinski definition) is 2. The zero-order chi connectivity index (χ0) is 17.8. The Morgan fingerprint density at radius 3 is 2.84 bits per heavy atom. The van der Waals surface area contributed by atoms with Crippen LogP contribution < -0.4 is 0 Å². The van der Waals surface area contributed by atoms with Gasteiger partial charge in [-0.1, -0.05) is 43.6 Å². The minimum atomic E-state index is -0.756. The summed E-state index contributed by atoms with van der Waals surface area (Å²) >= 11 is 0. The van der Waals surface area contributed by atoms with Gasteiger partial charge in [-0.05, 0) is 73.5 Å². The first kappa shape index (κ1) is 17.3. The first-order valence-electron chi connectivity index (χ1n) is 10.1. The van der Waals surface area contributed by atoms with E-state index in [9.17, 15) is 9.90 Å². The summed E-state index contributed by atoms with van der Waals surface area (Å²) in [6, 6.07) is 0. The number of aliphatic hydroxyl groups excluding tert-OH is 1. The lowest BCUT2D eigenvalue weighted by molar-refractivity contribution is -0.136. The second kappa shape index (κ2) is 5.97. The average molecular weight is 344 g/mol. The van der Waals surface area contributed by atoms with Crippen LogP contribution in [0.2, 0.25) is 0 Å². The third-order valence-electron chi connectivity index (χ3n) is 8.32. The van der Waals surface area contributed by atoms with Crippen molar-refractivity contribution in [3.63, 3.8) is 0 Å². The molecule has 4 aliphatic carbocycles. The number of carboxylic acid groups (broad SMARTS) is 1. The van der Waals surface area contributed by atoms with Crippen molar-refractivity contribution in [2.75, 3.05) is 0 Å². The van der Waals surface area contributed by atoms with Crippen molar-refractivity contribution in [2.24, 2.45) is 28.6 Å². The van der Waals surface area contributed by atoms with Crippen LogP contribution in [-0.2, 0) is 4.79 Å². The molecule has 3 nitrogen and oxygen atoms in total. The predicted molar refractivity (Wildman–Crippen MR) is 98.0 cm³/mol. The van der Waals surface area contributed by atoms with E-state index in [4.69, 9.17) is 5.11 Å². The lowest BCUT2D eigenvalue weighted by Crippen LogP contribution is -2.54. The molecule has 6 atom stereocenters. The van der Waals surface area contributed by atoms with E-state index in [0.29, 0.717) is 17.8 Å². The van der Waals surface area contributed by atoms with Crippen LogP contribution in [0.15, 0.2) is 23.3 Å². The minimum absolute atomic E-state index is 0.00754. The third kappa shape index (κ3) is 2.53. The Hall–Kier alpha value is -1.09. The monoisotopic (exact) mass is 344 g/mol. The number of hydrogen-bond acceptors (Lipinski definition) is 2. The van der Waals surface area contributed by atoms with Crippen molar-refractivity contribution < 1.29 is 15.0 Å². The fourth-order valence-corrected chi connectivity index (χ4v) is 7.22. The standard InChI is InChI=1S/C22H32O3/c1-21-12-4-3-5-14(21)6-9-16-17-10-7-15(8-11-19(24)25)22(17,2)13-18(23)20(16)21/h6,8,16-18,20,23H,3-5,7,9-13H2,1-2H3,(H,24,25)/t16-,17-,18-,20+,21-,22+/m0/s1. The number of rotatable bonds is 2. The smallest absolute Gasteiger partial charge is 0.307 e. The fraction of sp³-hybridized carbons (Fsp3) is 0.773. The van der Waals surface area contributed by atoms with Gasteiger partial charge in [0.2, 0.25) is 0 Å². The van der Waals surface area contributed by atoms with Crippen molar-refractivity contribution in [1.29, 1.82) is 0 Å². The number of carboxylic acids is 1. The van der Waals surface area contributed by atoms with Gasteiger partial charge in [0, 0.05) is 0 Å². The molecule has 138 valence electrons. The SMILES string of the molecule is C[C@]12CCCCC1=CC[C@@H]1[C@@H]2[C@@H](O)C[C@]2(C)C(=CCC(=O)O)CC[C@@H]12. The van der Waals surface area contributed by atoms with Gasteiger partial charge in [0.05, 0.1) is 12.5 Å². The molecule has 0 aromatic carbocycles. The van der Waals surface area contributed by atoms with Gasteiger partial charge in [-0.25, -0.2) is 0 Å². The number of fused-ring (bicyclic) bond motifs is 5. The summed E-state index contributed by atoms with van der Waals surface area (Å²) in [7, 11) is 0. The molecule has 0 radical (unpaired) electrons. The Balaban J connectivity index is 1.68. The molecule has 25 heavy (non-hydrogen) atoms. The van der Waals surface area contributed by atoms with Crippen LogP contribution in [0.1, 0.15) is 71.6 Å². The van der Waals surface area contributed by atoms with E-state index in [2.05, 4.69) is 19.9 Å². The summed E-state index contributed by atoms with van der Waals surface area (Å²) in [5.74, 6) is 0.785. The van der Waals surface area contributed by atoms with Gasteiger partial charge in [0.15, 0.2) is 0 Å². The first-order chi connectivity index (χ1) is 11.9. The Bertz CT molecular complexity index is 633. The topological polar surface area (TPSA) is 57.5 Å². The van der Waals surface area contributed by atoms with E-state index in [0.717, 1.165) is 25.7 Å². The molecule has 3 fully saturated rings. The van der Waals surface area contributed by atoms with Gasteiger partial charge >= 0.3 is 5.97 Å². The van der Waals surface area contributed by atoms with E-state index in [-0.39, 0.29) is 23.4 Å². The van der Waals surface area contributed by atoms with E-state index >= 15 is 0 Å². The molecule has 0 spiro atoms. The summed E-state index contributed by atoms with van der Waals surface area (Å²) in [6.45, 7) is 4.71. The Labute approximate surface area is 151 Å². The molecule has 0 aliphatic heterocycles. The molecule has 0 unspecified atom stereocenters. The van der Waals surface area contributed by atoms with Crippen LogP contribution in [0.25, 0.3) is 0 Å². The molecular formula is C22H32O3. The molecule has 0 aromatic rings. The van der Waals surface area contributed by atoms with Crippen LogP contribution in [0, 0.1) is 28.6 Å². The summed E-state index contributed by atoms with van der Waals surface area (Å²) in [5.41, 5.74) is 3.09. The maximum Gasteiger partial charge on any atom is 0.307 e. The van der Waals surface area contributed by atoms with Crippen molar-refractivity contribution in [3.05, 3.63) is 23.3 Å². The Morgan fingerprint density at radius 2 is 2.08 bits per heavy atom. The van der Waals surface area contributed by atoms with E-state index in [1.807, 2.05) is 6.08 Å². The second-order valence-electron chi connectivity index (χ2n) is 9.44. The highest BCUT2D eigenvalue weighted by atomic mass is 16.4. The van der Waals surface area contributed by atoms with E-state index in [1.165, 1.54) is 31.3 Å².